The number of carbonyl (C=O) groups excluding carboxylic acids is 1. The number of likely N-dealkylation sites (tertiary alicyclic amines) is 1. The third-order valence-electron chi connectivity index (χ3n) is 4.86. The van der Waals surface area contributed by atoms with Crippen LogP contribution >= 0.6 is 0 Å². The van der Waals surface area contributed by atoms with Crippen LogP contribution in [0.1, 0.15) is 56.0 Å². The van der Waals surface area contributed by atoms with Gasteiger partial charge in [0.2, 0.25) is 5.82 Å². The van der Waals surface area contributed by atoms with Gasteiger partial charge in [-0.25, -0.2) is 0 Å². The summed E-state index contributed by atoms with van der Waals surface area (Å²) in [5.41, 5.74) is 0. The maximum Gasteiger partial charge on any atom is 0.289 e. The van der Waals surface area contributed by atoms with Crippen molar-refractivity contribution in [2.45, 2.75) is 52.5 Å². The van der Waals surface area contributed by atoms with Crippen molar-refractivity contribution >= 4 is 5.91 Å². The van der Waals surface area contributed by atoms with Crippen molar-refractivity contribution in [1.82, 2.24) is 25.0 Å². The molecule has 1 atom stereocenters. The summed E-state index contributed by atoms with van der Waals surface area (Å²) in [4.78, 5) is 15.0. The molecular formula is C17H29N5O. The Labute approximate surface area is 138 Å². The second-order valence-electron chi connectivity index (χ2n) is 7.42. The van der Waals surface area contributed by atoms with Gasteiger partial charge in [0.05, 0.1) is 0 Å². The van der Waals surface area contributed by atoms with Gasteiger partial charge < -0.3 is 14.8 Å². The second kappa shape index (κ2) is 7.43. The van der Waals surface area contributed by atoms with Gasteiger partial charge in [-0.1, -0.05) is 20.3 Å². The average Bonchev–Trinajstić information content (AvgIpc) is 3.05. The lowest BCUT2D eigenvalue weighted by Gasteiger charge is -2.18. The Kier molecular flexibility index (Phi) is 5.30. The van der Waals surface area contributed by atoms with Crippen molar-refractivity contribution in [2.75, 3.05) is 26.2 Å². The van der Waals surface area contributed by atoms with E-state index in [1.807, 2.05) is 4.57 Å². The fourth-order valence-corrected chi connectivity index (χ4v) is 3.73. The molecule has 1 aromatic rings. The number of hydrogen-bond acceptors (Lipinski definition) is 4. The van der Waals surface area contributed by atoms with E-state index in [0.29, 0.717) is 17.7 Å². The van der Waals surface area contributed by atoms with Crippen molar-refractivity contribution in [3.05, 3.63) is 11.6 Å². The van der Waals surface area contributed by atoms with E-state index in [1.165, 1.54) is 12.8 Å². The number of carbonyl (C=O) groups is 1. The van der Waals surface area contributed by atoms with E-state index in [1.54, 1.807) is 0 Å². The molecule has 0 spiro atoms. The highest BCUT2D eigenvalue weighted by molar-refractivity contribution is 5.90. The monoisotopic (exact) mass is 319 g/mol. The van der Waals surface area contributed by atoms with Gasteiger partial charge in [-0.2, -0.15) is 0 Å². The molecule has 1 amide bonds. The standard InChI is InChI=1S/C17H29N5O/c1-13(2)11-21-9-7-14(12-21)10-18-17(23)16-20-19-15-6-4-3-5-8-22(15)16/h13-14H,3-12H2,1-2H3,(H,18,23)/t14-/m0/s1. The molecule has 0 aromatic carbocycles. The van der Waals surface area contributed by atoms with Crippen molar-refractivity contribution in [2.24, 2.45) is 11.8 Å². The summed E-state index contributed by atoms with van der Waals surface area (Å²) in [5, 5.41) is 11.4. The van der Waals surface area contributed by atoms with Gasteiger partial charge in [0.15, 0.2) is 0 Å². The minimum atomic E-state index is -0.0621. The van der Waals surface area contributed by atoms with E-state index in [9.17, 15) is 4.79 Å². The first-order valence-corrected chi connectivity index (χ1v) is 9.06. The van der Waals surface area contributed by atoms with Crippen molar-refractivity contribution < 1.29 is 4.79 Å². The highest BCUT2D eigenvalue weighted by atomic mass is 16.2. The minimum Gasteiger partial charge on any atom is -0.349 e. The molecule has 3 heterocycles. The topological polar surface area (TPSA) is 63.1 Å². The molecule has 2 aliphatic heterocycles. The van der Waals surface area contributed by atoms with Crippen LogP contribution in [0.3, 0.4) is 0 Å². The molecular weight excluding hydrogens is 290 g/mol. The maximum absolute atomic E-state index is 12.5. The van der Waals surface area contributed by atoms with Gasteiger partial charge >= 0.3 is 0 Å². The number of aryl methyl sites for hydroxylation is 1. The lowest BCUT2D eigenvalue weighted by Crippen LogP contribution is -2.33. The Morgan fingerprint density at radius 3 is 2.96 bits per heavy atom. The highest BCUT2D eigenvalue weighted by Gasteiger charge is 2.25. The number of nitrogens with one attached hydrogen (secondary N) is 1. The Hall–Kier alpha value is -1.43. The van der Waals surface area contributed by atoms with Crippen LogP contribution < -0.4 is 5.32 Å². The zero-order valence-electron chi connectivity index (χ0n) is 14.4. The number of nitrogens with zero attached hydrogens (tertiary/aromatic N) is 4. The lowest BCUT2D eigenvalue weighted by atomic mass is 10.1. The third-order valence-corrected chi connectivity index (χ3v) is 4.86. The fourth-order valence-electron chi connectivity index (χ4n) is 3.73. The quantitative estimate of drug-likeness (QED) is 0.897. The van der Waals surface area contributed by atoms with Crippen LogP contribution in [0.4, 0.5) is 0 Å². The van der Waals surface area contributed by atoms with E-state index >= 15 is 0 Å². The summed E-state index contributed by atoms with van der Waals surface area (Å²) in [6.07, 6.45) is 5.57. The summed E-state index contributed by atoms with van der Waals surface area (Å²) in [7, 11) is 0. The summed E-state index contributed by atoms with van der Waals surface area (Å²) >= 11 is 0. The Morgan fingerprint density at radius 1 is 1.26 bits per heavy atom. The SMILES string of the molecule is CC(C)CN1CC[C@@H](CNC(=O)c2nnc3n2CCCCC3)C1. The van der Waals surface area contributed by atoms with E-state index < -0.39 is 0 Å². The van der Waals surface area contributed by atoms with E-state index in [-0.39, 0.29) is 5.91 Å². The zero-order chi connectivity index (χ0) is 16.2. The number of hydrogen-bond donors (Lipinski definition) is 1. The predicted molar refractivity (Wildman–Crippen MR) is 89.3 cm³/mol. The first kappa shape index (κ1) is 16.4. The predicted octanol–water partition coefficient (Wildman–Crippen LogP) is 1.71. The number of rotatable bonds is 5. The van der Waals surface area contributed by atoms with Crippen molar-refractivity contribution in [1.29, 1.82) is 0 Å². The Balaban J connectivity index is 1.51. The molecule has 6 heteroatoms. The van der Waals surface area contributed by atoms with Crippen LogP contribution in [0.15, 0.2) is 0 Å². The van der Waals surface area contributed by atoms with Gasteiger partial charge in [0.25, 0.3) is 5.91 Å². The molecule has 1 saturated heterocycles. The molecule has 0 bridgehead atoms. The molecule has 0 aliphatic carbocycles. The fraction of sp³-hybridized carbons (Fsp3) is 0.824. The molecule has 0 unspecified atom stereocenters. The largest absolute Gasteiger partial charge is 0.349 e. The van der Waals surface area contributed by atoms with Crippen LogP contribution in [0.5, 0.6) is 0 Å². The molecule has 23 heavy (non-hydrogen) atoms. The van der Waals surface area contributed by atoms with Crippen LogP contribution in [0.25, 0.3) is 0 Å². The van der Waals surface area contributed by atoms with Crippen molar-refractivity contribution in [3.8, 4) is 0 Å². The van der Waals surface area contributed by atoms with Gasteiger partial charge in [0.1, 0.15) is 5.82 Å². The van der Waals surface area contributed by atoms with E-state index in [0.717, 1.165) is 57.8 Å². The molecule has 1 fully saturated rings. The number of fused-ring (bicyclic) bond motifs is 1. The first-order valence-electron chi connectivity index (χ1n) is 9.06. The summed E-state index contributed by atoms with van der Waals surface area (Å²) in [5.74, 6) is 2.67. The molecule has 1 N–H and O–H groups in total. The minimum absolute atomic E-state index is 0.0621. The smallest absolute Gasteiger partial charge is 0.289 e. The van der Waals surface area contributed by atoms with E-state index in [4.69, 9.17) is 0 Å². The van der Waals surface area contributed by atoms with Crippen LogP contribution in [0.2, 0.25) is 0 Å². The zero-order valence-corrected chi connectivity index (χ0v) is 14.4. The number of amides is 1. The number of aromatic nitrogens is 3. The Morgan fingerprint density at radius 2 is 2.13 bits per heavy atom. The summed E-state index contributed by atoms with van der Waals surface area (Å²) in [6, 6.07) is 0. The van der Waals surface area contributed by atoms with Crippen LogP contribution in [-0.4, -0.2) is 51.8 Å². The average molecular weight is 319 g/mol. The van der Waals surface area contributed by atoms with Crippen LogP contribution in [-0.2, 0) is 13.0 Å². The first-order chi connectivity index (χ1) is 11.1. The van der Waals surface area contributed by atoms with Gasteiger partial charge in [-0.15, -0.1) is 10.2 Å². The molecule has 2 aliphatic rings. The van der Waals surface area contributed by atoms with E-state index in [2.05, 4.69) is 34.3 Å². The molecule has 3 rings (SSSR count). The maximum atomic E-state index is 12.5. The highest BCUT2D eigenvalue weighted by Crippen LogP contribution is 2.17. The molecule has 1 aromatic heterocycles. The molecule has 0 saturated carbocycles. The summed E-state index contributed by atoms with van der Waals surface area (Å²) in [6.45, 7) is 9.53. The lowest BCUT2D eigenvalue weighted by molar-refractivity contribution is 0.0931. The summed E-state index contributed by atoms with van der Waals surface area (Å²) < 4.78 is 2.02. The Bertz CT molecular complexity index is 539. The van der Waals surface area contributed by atoms with Gasteiger partial charge in [0, 0.05) is 32.6 Å². The molecule has 128 valence electrons. The van der Waals surface area contributed by atoms with Gasteiger partial charge in [-0.05, 0) is 37.6 Å². The third kappa shape index (κ3) is 4.10. The van der Waals surface area contributed by atoms with Crippen LogP contribution in [0, 0.1) is 11.8 Å². The second-order valence-corrected chi connectivity index (χ2v) is 7.42. The van der Waals surface area contributed by atoms with Crippen molar-refractivity contribution in [3.63, 3.8) is 0 Å². The molecule has 6 nitrogen and oxygen atoms in total. The molecule has 0 radical (unpaired) electrons. The van der Waals surface area contributed by atoms with Gasteiger partial charge in [-0.3, -0.25) is 4.79 Å². The normalized spacial score (nSPS) is 22.1.